The van der Waals surface area contributed by atoms with Gasteiger partial charge in [0.15, 0.2) is 0 Å². The molecule has 0 atom stereocenters. The molecule has 1 aromatic heterocycles. The fourth-order valence-electron chi connectivity index (χ4n) is 2.69. The summed E-state index contributed by atoms with van der Waals surface area (Å²) in [5.74, 6) is 3.54. The molecule has 3 aromatic rings. The lowest BCUT2D eigenvalue weighted by Crippen LogP contribution is -2.07. The molecule has 0 saturated heterocycles. The Balaban J connectivity index is 1.95. The molecule has 0 amide bonds. The molecule has 25 heavy (non-hydrogen) atoms. The first kappa shape index (κ1) is 17.0. The maximum atomic E-state index is 5.45. The fourth-order valence-corrected chi connectivity index (χ4v) is 2.69. The zero-order valence-corrected chi connectivity index (χ0v) is 15.0. The number of benzene rings is 2. The summed E-state index contributed by atoms with van der Waals surface area (Å²) in [5, 5.41) is 4.45. The Kier molecular flexibility index (Phi) is 5.03. The van der Waals surface area contributed by atoms with E-state index in [1.807, 2.05) is 42.5 Å². The molecule has 0 bridgehead atoms. The van der Waals surface area contributed by atoms with Gasteiger partial charge in [-0.25, -0.2) is 9.97 Å². The minimum Gasteiger partial charge on any atom is -0.497 e. The Hall–Kier alpha value is -2.82. The molecule has 1 heterocycles. The van der Waals surface area contributed by atoms with Crippen LogP contribution in [-0.4, -0.2) is 24.2 Å². The van der Waals surface area contributed by atoms with E-state index in [2.05, 4.69) is 24.1 Å². The molecule has 0 saturated carbocycles. The topological polar surface area (TPSA) is 56.3 Å². The Morgan fingerprint density at radius 1 is 1.00 bits per heavy atom. The van der Waals surface area contributed by atoms with Gasteiger partial charge in [0.05, 0.1) is 19.7 Å². The molecule has 0 unspecified atom stereocenters. The number of rotatable bonds is 6. The highest BCUT2D eigenvalue weighted by Gasteiger charge is 2.11. The van der Waals surface area contributed by atoms with Crippen molar-refractivity contribution in [3.05, 3.63) is 53.9 Å². The molecule has 0 fully saturated rings. The third kappa shape index (κ3) is 3.65. The second-order valence-electron chi connectivity index (χ2n) is 6.13. The van der Waals surface area contributed by atoms with Gasteiger partial charge < -0.3 is 14.8 Å². The van der Waals surface area contributed by atoms with Crippen molar-refractivity contribution in [2.24, 2.45) is 0 Å². The molecule has 5 heteroatoms. The van der Waals surface area contributed by atoms with Crippen molar-refractivity contribution in [3.63, 3.8) is 0 Å². The second-order valence-corrected chi connectivity index (χ2v) is 6.13. The van der Waals surface area contributed by atoms with E-state index in [4.69, 9.17) is 14.5 Å². The van der Waals surface area contributed by atoms with Gasteiger partial charge >= 0.3 is 0 Å². The maximum Gasteiger partial charge on any atom is 0.137 e. The van der Waals surface area contributed by atoms with Gasteiger partial charge in [-0.2, -0.15) is 0 Å². The predicted octanol–water partition coefficient (Wildman–Crippen LogP) is 4.38. The number of hydrogen-bond donors (Lipinski definition) is 1. The predicted molar refractivity (Wildman–Crippen MR) is 100 cm³/mol. The Morgan fingerprint density at radius 3 is 2.52 bits per heavy atom. The van der Waals surface area contributed by atoms with Crippen LogP contribution in [0.4, 0.5) is 5.82 Å². The molecule has 0 aliphatic carbocycles. The summed E-state index contributed by atoms with van der Waals surface area (Å²) >= 11 is 0. The van der Waals surface area contributed by atoms with Crippen LogP contribution in [0, 0.1) is 0 Å². The SMILES string of the molecule is COc1ccc(OC)c(CNc2nc(C(C)C)nc3ccccc23)c1. The number of para-hydroxylation sites is 1. The molecule has 0 aliphatic heterocycles. The molecule has 0 aliphatic rings. The largest absolute Gasteiger partial charge is 0.497 e. The third-order valence-corrected chi connectivity index (χ3v) is 4.07. The molecule has 1 N–H and O–H groups in total. The van der Waals surface area contributed by atoms with Gasteiger partial charge in [-0.15, -0.1) is 0 Å². The van der Waals surface area contributed by atoms with Gasteiger partial charge in [-0.1, -0.05) is 26.0 Å². The first-order valence-electron chi connectivity index (χ1n) is 8.34. The Labute approximate surface area is 148 Å². The second kappa shape index (κ2) is 7.38. The van der Waals surface area contributed by atoms with E-state index in [0.717, 1.165) is 39.6 Å². The van der Waals surface area contributed by atoms with E-state index >= 15 is 0 Å². The number of fused-ring (bicyclic) bond motifs is 1. The van der Waals surface area contributed by atoms with Crippen LogP contribution in [0.2, 0.25) is 0 Å². The number of ether oxygens (including phenoxy) is 2. The third-order valence-electron chi connectivity index (χ3n) is 4.07. The summed E-state index contributed by atoms with van der Waals surface area (Å²) in [6.45, 7) is 4.77. The molecular weight excluding hydrogens is 314 g/mol. The quantitative estimate of drug-likeness (QED) is 0.723. The van der Waals surface area contributed by atoms with Crippen LogP contribution in [-0.2, 0) is 6.54 Å². The van der Waals surface area contributed by atoms with E-state index < -0.39 is 0 Å². The van der Waals surface area contributed by atoms with Gasteiger partial charge in [0.25, 0.3) is 0 Å². The van der Waals surface area contributed by atoms with Gasteiger partial charge in [0, 0.05) is 23.4 Å². The maximum absolute atomic E-state index is 5.45. The van der Waals surface area contributed by atoms with Crippen molar-refractivity contribution >= 4 is 16.7 Å². The lowest BCUT2D eigenvalue weighted by molar-refractivity contribution is 0.399. The number of aromatic nitrogens is 2. The van der Waals surface area contributed by atoms with Crippen molar-refractivity contribution < 1.29 is 9.47 Å². The Morgan fingerprint density at radius 2 is 1.80 bits per heavy atom. The molecule has 2 aromatic carbocycles. The minimum absolute atomic E-state index is 0.261. The molecule has 130 valence electrons. The summed E-state index contributed by atoms with van der Waals surface area (Å²) in [7, 11) is 3.33. The number of nitrogens with one attached hydrogen (secondary N) is 1. The molecule has 3 rings (SSSR count). The van der Waals surface area contributed by atoms with E-state index in [9.17, 15) is 0 Å². The van der Waals surface area contributed by atoms with Crippen molar-refractivity contribution in [2.75, 3.05) is 19.5 Å². The summed E-state index contributed by atoms with van der Waals surface area (Å²) in [4.78, 5) is 9.37. The van der Waals surface area contributed by atoms with Crippen molar-refractivity contribution in [1.29, 1.82) is 0 Å². The van der Waals surface area contributed by atoms with E-state index in [1.54, 1.807) is 14.2 Å². The molecule has 0 spiro atoms. The number of methoxy groups -OCH3 is 2. The number of nitrogens with zero attached hydrogens (tertiary/aromatic N) is 2. The average molecular weight is 337 g/mol. The first-order valence-corrected chi connectivity index (χ1v) is 8.34. The normalized spacial score (nSPS) is 10.9. The van der Waals surface area contributed by atoms with Gasteiger partial charge in [-0.3, -0.25) is 0 Å². The summed E-state index contributed by atoms with van der Waals surface area (Å²) in [6.07, 6.45) is 0. The Bertz CT molecular complexity index is 878. The van der Waals surface area contributed by atoms with Gasteiger partial charge in [-0.05, 0) is 30.3 Å². The number of anilines is 1. The van der Waals surface area contributed by atoms with Crippen molar-refractivity contribution in [2.45, 2.75) is 26.3 Å². The lowest BCUT2D eigenvalue weighted by Gasteiger charge is -2.14. The highest BCUT2D eigenvalue weighted by Crippen LogP contribution is 2.27. The average Bonchev–Trinajstić information content (AvgIpc) is 2.65. The van der Waals surface area contributed by atoms with Crippen molar-refractivity contribution in [3.8, 4) is 11.5 Å². The lowest BCUT2D eigenvalue weighted by atomic mass is 10.1. The van der Waals surface area contributed by atoms with Crippen LogP contribution in [0.3, 0.4) is 0 Å². The number of hydrogen-bond acceptors (Lipinski definition) is 5. The van der Waals surface area contributed by atoms with Crippen LogP contribution >= 0.6 is 0 Å². The van der Waals surface area contributed by atoms with Gasteiger partial charge in [0.1, 0.15) is 23.1 Å². The van der Waals surface area contributed by atoms with E-state index in [0.29, 0.717) is 6.54 Å². The summed E-state index contributed by atoms with van der Waals surface area (Å²) in [5.41, 5.74) is 1.96. The monoisotopic (exact) mass is 337 g/mol. The zero-order chi connectivity index (χ0) is 17.8. The van der Waals surface area contributed by atoms with Gasteiger partial charge in [0.2, 0.25) is 0 Å². The van der Waals surface area contributed by atoms with E-state index in [-0.39, 0.29) is 5.92 Å². The molecular formula is C20H23N3O2. The molecule has 5 nitrogen and oxygen atoms in total. The van der Waals surface area contributed by atoms with E-state index in [1.165, 1.54) is 0 Å². The van der Waals surface area contributed by atoms with Crippen LogP contribution in [0.25, 0.3) is 10.9 Å². The standard InChI is InChI=1S/C20H23N3O2/c1-13(2)19-22-17-8-6-5-7-16(17)20(23-19)21-12-14-11-15(24-3)9-10-18(14)25-4/h5-11,13H,12H2,1-4H3,(H,21,22,23). The highest BCUT2D eigenvalue weighted by molar-refractivity contribution is 5.89. The van der Waals surface area contributed by atoms with Crippen LogP contribution < -0.4 is 14.8 Å². The molecule has 0 radical (unpaired) electrons. The summed E-state index contributed by atoms with van der Waals surface area (Å²) < 4.78 is 10.8. The van der Waals surface area contributed by atoms with Crippen LogP contribution in [0.15, 0.2) is 42.5 Å². The smallest absolute Gasteiger partial charge is 0.137 e. The minimum atomic E-state index is 0.261. The summed E-state index contributed by atoms with van der Waals surface area (Å²) in [6, 6.07) is 13.8. The fraction of sp³-hybridized carbons (Fsp3) is 0.300. The zero-order valence-electron chi connectivity index (χ0n) is 15.0. The van der Waals surface area contributed by atoms with Crippen LogP contribution in [0.5, 0.6) is 11.5 Å². The van der Waals surface area contributed by atoms with Crippen molar-refractivity contribution in [1.82, 2.24) is 9.97 Å². The highest BCUT2D eigenvalue weighted by atomic mass is 16.5. The van der Waals surface area contributed by atoms with Crippen LogP contribution in [0.1, 0.15) is 31.2 Å². The first-order chi connectivity index (χ1) is 12.1.